The first kappa shape index (κ1) is 17.7. The molecule has 2 heterocycles. The van der Waals surface area contributed by atoms with E-state index in [1.54, 1.807) is 24.3 Å². The van der Waals surface area contributed by atoms with Gasteiger partial charge in [-0.1, -0.05) is 24.3 Å². The SMILES string of the molecule is N#Cc1c(N)nc(N2CCCCC2)c(C#N)c1-c1cccc(B(O)O)c1. The van der Waals surface area contributed by atoms with Crippen LogP contribution in [-0.4, -0.2) is 35.2 Å². The van der Waals surface area contributed by atoms with Gasteiger partial charge in [0.25, 0.3) is 0 Å². The summed E-state index contributed by atoms with van der Waals surface area (Å²) < 4.78 is 0. The van der Waals surface area contributed by atoms with Gasteiger partial charge in [-0.3, -0.25) is 0 Å². The summed E-state index contributed by atoms with van der Waals surface area (Å²) in [6.45, 7) is 1.56. The Labute approximate surface area is 152 Å². The molecule has 3 rings (SSSR count). The maximum absolute atomic E-state index is 9.81. The van der Waals surface area contributed by atoms with Gasteiger partial charge >= 0.3 is 7.12 Å². The van der Waals surface area contributed by atoms with E-state index in [0.29, 0.717) is 16.9 Å². The first-order valence-corrected chi connectivity index (χ1v) is 8.42. The van der Waals surface area contributed by atoms with Gasteiger partial charge in [-0.05, 0) is 30.3 Å². The van der Waals surface area contributed by atoms with E-state index in [9.17, 15) is 20.6 Å². The Morgan fingerprint density at radius 3 is 2.38 bits per heavy atom. The second kappa shape index (κ2) is 7.44. The number of hydrogen-bond acceptors (Lipinski definition) is 7. The van der Waals surface area contributed by atoms with Crippen molar-refractivity contribution in [1.82, 2.24) is 4.98 Å². The average Bonchev–Trinajstić information content (AvgIpc) is 2.67. The summed E-state index contributed by atoms with van der Waals surface area (Å²) in [4.78, 5) is 6.36. The smallest absolute Gasteiger partial charge is 0.423 e. The number of nitrogens with zero attached hydrogens (tertiary/aromatic N) is 4. The molecular weight excluding hydrogens is 329 g/mol. The van der Waals surface area contributed by atoms with E-state index in [2.05, 4.69) is 11.1 Å². The molecule has 0 aliphatic carbocycles. The number of nitrogens with two attached hydrogens (primary N) is 1. The maximum atomic E-state index is 9.81. The summed E-state index contributed by atoms with van der Waals surface area (Å²) in [5.41, 5.74) is 7.60. The number of hydrogen-bond donors (Lipinski definition) is 3. The van der Waals surface area contributed by atoms with E-state index >= 15 is 0 Å². The summed E-state index contributed by atoms with van der Waals surface area (Å²) in [6, 6.07) is 10.7. The van der Waals surface area contributed by atoms with Crippen LogP contribution in [0.25, 0.3) is 11.1 Å². The summed E-state index contributed by atoms with van der Waals surface area (Å²) in [6.07, 6.45) is 3.15. The molecule has 8 heteroatoms. The Balaban J connectivity index is 2.26. The van der Waals surface area contributed by atoms with Crippen LogP contribution in [0.2, 0.25) is 0 Å². The second-order valence-electron chi connectivity index (χ2n) is 6.22. The van der Waals surface area contributed by atoms with E-state index in [0.717, 1.165) is 32.4 Å². The van der Waals surface area contributed by atoms with Crippen molar-refractivity contribution in [2.75, 3.05) is 23.7 Å². The zero-order chi connectivity index (χ0) is 18.7. The zero-order valence-electron chi connectivity index (χ0n) is 14.2. The van der Waals surface area contributed by atoms with Crippen molar-refractivity contribution in [2.24, 2.45) is 0 Å². The lowest BCUT2D eigenvalue weighted by atomic mass is 9.78. The summed E-state index contributed by atoms with van der Waals surface area (Å²) in [5, 5.41) is 38.3. The minimum absolute atomic E-state index is 0.0667. The number of nitrogen functional groups attached to an aromatic ring is 1. The molecule has 0 amide bonds. The first-order valence-electron chi connectivity index (χ1n) is 8.42. The van der Waals surface area contributed by atoms with Gasteiger partial charge in [0.15, 0.2) is 0 Å². The van der Waals surface area contributed by atoms with Gasteiger partial charge in [0.1, 0.15) is 34.9 Å². The molecule has 0 bridgehead atoms. The van der Waals surface area contributed by atoms with Crippen molar-refractivity contribution in [1.29, 1.82) is 10.5 Å². The molecule has 1 saturated heterocycles. The fraction of sp³-hybridized carbons (Fsp3) is 0.278. The molecular formula is C18H18BN5O2. The normalized spacial score (nSPS) is 13.8. The van der Waals surface area contributed by atoms with Crippen LogP contribution in [-0.2, 0) is 0 Å². The van der Waals surface area contributed by atoms with Gasteiger partial charge in [0.05, 0.1) is 0 Å². The Morgan fingerprint density at radius 2 is 1.77 bits per heavy atom. The second-order valence-corrected chi connectivity index (χ2v) is 6.22. The average molecular weight is 347 g/mol. The Hall–Kier alpha value is -3.07. The molecule has 7 nitrogen and oxygen atoms in total. The van der Waals surface area contributed by atoms with Gasteiger partial charge in [-0.2, -0.15) is 10.5 Å². The number of pyridine rings is 1. The van der Waals surface area contributed by atoms with Crippen molar-refractivity contribution >= 4 is 24.2 Å². The van der Waals surface area contributed by atoms with Gasteiger partial charge in [0, 0.05) is 18.7 Å². The molecule has 4 N–H and O–H groups in total. The third-order valence-electron chi connectivity index (χ3n) is 4.56. The van der Waals surface area contributed by atoms with Crippen molar-refractivity contribution in [3.63, 3.8) is 0 Å². The third-order valence-corrected chi connectivity index (χ3v) is 4.56. The number of nitriles is 2. The lowest BCUT2D eigenvalue weighted by molar-refractivity contribution is 0.426. The number of benzene rings is 1. The number of piperidine rings is 1. The largest absolute Gasteiger partial charge is 0.488 e. The van der Waals surface area contributed by atoms with Crippen LogP contribution >= 0.6 is 0 Å². The standard InChI is InChI=1S/C18H18BN5O2/c20-10-14-16(12-5-4-6-13(9-12)19(25)26)15(11-21)18(23-17(14)22)24-7-2-1-3-8-24/h4-6,9,25-26H,1-3,7-8H2,(H2,22,23). The zero-order valence-corrected chi connectivity index (χ0v) is 14.2. The highest BCUT2D eigenvalue weighted by molar-refractivity contribution is 6.58. The van der Waals surface area contributed by atoms with E-state index in [-0.39, 0.29) is 22.4 Å². The number of aromatic nitrogens is 1. The lowest BCUT2D eigenvalue weighted by Crippen LogP contribution is -2.31. The van der Waals surface area contributed by atoms with Crippen molar-refractivity contribution in [3.8, 4) is 23.3 Å². The molecule has 130 valence electrons. The molecule has 0 unspecified atom stereocenters. The highest BCUT2D eigenvalue weighted by Gasteiger charge is 2.25. The quantitative estimate of drug-likeness (QED) is 0.698. The molecule has 26 heavy (non-hydrogen) atoms. The van der Waals surface area contributed by atoms with Crippen molar-refractivity contribution < 1.29 is 10.0 Å². The minimum atomic E-state index is -1.65. The van der Waals surface area contributed by atoms with E-state index < -0.39 is 7.12 Å². The Kier molecular flexibility index (Phi) is 5.08. The van der Waals surface area contributed by atoms with E-state index in [1.807, 2.05) is 11.0 Å². The van der Waals surface area contributed by atoms with Gasteiger partial charge < -0.3 is 20.7 Å². The van der Waals surface area contributed by atoms with Crippen molar-refractivity contribution in [2.45, 2.75) is 19.3 Å². The predicted molar refractivity (Wildman–Crippen MR) is 99.4 cm³/mol. The summed E-state index contributed by atoms with van der Waals surface area (Å²) in [5.74, 6) is 0.547. The predicted octanol–water partition coefficient (Wildman–Crippen LogP) is 0.744. The molecule has 2 aromatic rings. The molecule has 1 aliphatic rings. The highest BCUT2D eigenvalue weighted by Crippen LogP contribution is 2.35. The molecule has 1 fully saturated rings. The fourth-order valence-electron chi connectivity index (χ4n) is 3.29. The monoisotopic (exact) mass is 347 g/mol. The molecule has 1 aliphatic heterocycles. The molecule has 0 spiro atoms. The van der Waals surface area contributed by atoms with Gasteiger partial charge in [-0.25, -0.2) is 4.98 Å². The lowest BCUT2D eigenvalue weighted by Gasteiger charge is -2.29. The van der Waals surface area contributed by atoms with Gasteiger partial charge in [-0.15, -0.1) is 0 Å². The van der Waals surface area contributed by atoms with Crippen molar-refractivity contribution in [3.05, 3.63) is 35.4 Å². The van der Waals surface area contributed by atoms with E-state index in [1.165, 1.54) is 0 Å². The minimum Gasteiger partial charge on any atom is -0.423 e. The molecule has 1 aromatic carbocycles. The highest BCUT2D eigenvalue weighted by atomic mass is 16.4. The third kappa shape index (κ3) is 3.21. The first-order chi connectivity index (χ1) is 12.6. The fourth-order valence-corrected chi connectivity index (χ4v) is 3.29. The molecule has 0 saturated carbocycles. The molecule has 0 atom stereocenters. The summed E-state index contributed by atoms with van der Waals surface area (Å²) >= 11 is 0. The van der Waals surface area contributed by atoms with Crippen LogP contribution in [0.15, 0.2) is 24.3 Å². The topological polar surface area (TPSA) is 130 Å². The number of anilines is 2. The van der Waals surface area contributed by atoms with Crippen LogP contribution < -0.4 is 16.1 Å². The van der Waals surface area contributed by atoms with E-state index in [4.69, 9.17) is 5.73 Å². The molecule has 1 aromatic heterocycles. The maximum Gasteiger partial charge on any atom is 0.488 e. The Morgan fingerprint density at radius 1 is 1.08 bits per heavy atom. The van der Waals surface area contributed by atoms with Crippen LogP contribution in [0.1, 0.15) is 30.4 Å². The van der Waals surface area contributed by atoms with Crippen LogP contribution in [0.3, 0.4) is 0 Å². The Bertz CT molecular complexity index is 911. The van der Waals surface area contributed by atoms with Crippen LogP contribution in [0, 0.1) is 22.7 Å². The molecule has 0 radical (unpaired) electrons. The van der Waals surface area contributed by atoms with Crippen LogP contribution in [0.5, 0.6) is 0 Å². The van der Waals surface area contributed by atoms with Crippen LogP contribution in [0.4, 0.5) is 11.6 Å². The number of rotatable bonds is 3. The van der Waals surface area contributed by atoms with Gasteiger partial charge in [0.2, 0.25) is 0 Å². The summed E-state index contributed by atoms with van der Waals surface area (Å²) in [7, 11) is -1.65.